The van der Waals surface area contributed by atoms with E-state index in [0.29, 0.717) is 6.54 Å². The molecule has 2 saturated heterocycles. The van der Waals surface area contributed by atoms with Crippen molar-refractivity contribution in [2.24, 2.45) is 5.41 Å². The molecule has 0 aromatic carbocycles. The van der Waals surface area contributed by atoms with E-state index in [-0.39, 0.29) is 24.2 Å². The Morgan fingerprint density at radius 2 is 2.28 bits per heavy atom. The van der Waals surface area contributed by atoms with Gasteiger partial charge in [0.1, 0.15) is 5.60 Å². The Bertz CT molecular complexity index is 327. The lowest BCUT2D eigenvalue weighted by molar-refractivity contribution is 0.00398. The fraction of sp³-hybridized carbons (Fsp3) is 0.923. The molecule has 0 aliphatic carbocycles. The molecule has 2 N–H and O–H groups in total. The highest BCUT2D eigenvalue weighted by Gasteiger charge is 2.50. The zero-order valence-electron chi connectivity index (χ0n) is 11.5. The molecule has 0 saturated carbocycles. The summed E-state index contributed by atoms with van der Waals surface area (Å²) in [4.78, 5) is 14.0. The maximum Gasteiger partial charge on any atom is 0.410 e. The Kier molecular flexibility index (Phi) is 3.56. The van der Waals surface area contributed by atoms with E-state index >= 15 is 0 Å². The Hall–Kier alpha value is -0.810. The molecule has 5 nitrogen and oxygen atoms in total. The van der Waals surface area contributed by atoms with Crippen LogP contribution >= 0.6 is 0 Å². The summed E-state index contributed by atoms with van der Waals surface area (Å²) < 4.78 is 5.45. The third-order valence-corrected chi connectivity index (χ3v) is 3.95. The van der Waals surface area contributed by atoms with Crippen LogP contribution < -0.4 is 5.32 Å². The van der Waals surface area contributed by atoms with Crippen LogP contribution in [-0.4, -0.2) is 54.0 Å². The van der Waals surface area contributed by atoms with Gasteiger partial charge in [0.25, 0.3) is 0 Å². The molecule has 18 heavy (non-hydrogen) atoms. The molecule has 104 valence electrons. The van der Waals surface area contributed by atoms with Crippen molar-refractivity contribution in [1.29, 1.82) is 0 Å². The SMILES string of the molecule is CC(C)(C)OC(=O)N1CCC2(CO)CNCCC12. The number of carbonyl (C=O) groups is 1. The van der Waals surface area contributed by atoms with Crippen molar-refractivity contribution in [2.45, 2.75) is 45.3 Å². The average molecular weight is 256 g/mol. The van der Waals surface area contributed by atoms with E-state index in [4.69, 9.17) is 4.74 Å². The molecule has 2 fully saturated rings. The van der Waals surface area contributed by atoms with Crippen LogP contribution in [0.2, 0.25) is 0 Å². The van der Waals surface area contributed by atoms with E-state index in [1.54, 1.807) is 0 Å². The van der Waals surface area contributed by atoms with E-state index < -0.39 is 5.60 Å². The largest absolute Gasteiger partial charge is 0.444 e. The fourth-order valence-electron chi connectivity index (χ4n) is 3.02. The van der Waals surface area contributed by atoms with Crippen molar-refractivity contribution >= 4 is 6.09 Å². The van der Waals surface area contributed by atoms with Crippen molar-refractivity contribution < 1.29 is 14.6 Å². The van der Waals surface area contributed by atoms with Crippen LogP contribution in [0.5, 0.6) is 0 Å². The van der Waals surface area contributed by atoms with E-state index in [0.717, 1.165) is 25.9 Å². The third-order valence-electron chi connectivity index (χ3n) is 3.95. The van der Waals surface area contributed by atoms with Gasteiger partial charge in [0, 0.05) is 24.5 Å². The summed E-state index contributed by atoms with van der Waals surface area (Å²) >= 11 is 0. The molecule has 2 unspecified atom stereocenters. The fourth-order valence-corrected chi connectivity index (χ4v) is 3.02. The van der Waals surface area contributed by atoms with Crippen molar-refractivity contribution in [3.05, 3.63) is 0 Å². The highest BCUT2D eigenvalue weighted by molar-refractivity contribution is 5.69. The number of carbonyl (C=O) groups excluding carboxylic acids is 1. The quantitative estimate of drug-likeness (QED) is 0.734. The number of hydrogen-bond donors (Lipinski definition) is 2. The van der Waals surface area contributed by atoms with Gasteiger partial charge < -0.3 is 20.1 Å². The smallest absolute Gasteiger partial charge is 0.410 e. The lowest BCUT2D eigenvalue weighted by atomic mass is 9.77. The summed E-state index contributed by atoms with van der Waals surface area (Å²) in [6.45, 7) is 8.12. The predicted octanol–water partition coefficient (Wildman–Crippen LogP) is 0.968. The molecule has 5 heteroatoms. The number of fused-ring (bicyclic) bond motifs is 1. The Morgan fingerprint density at radius 1 is 1.56 bits per heavy atom. The monoisotopic (exact) mass is 256 g/mol. The summed E-state index contributed by atoms with van der Waals surface area (Å²) in [5.41, 5.74) is -0.635. The zero-order chi connectivity index (χ0) is 13.4. The number of ether oxygens (including phenoxy) is 1. The first-order chi connectivity index (χ1) is 8.38. The van der Waals surface area contributed by atoms with Gasteiger partial charge in [-0.1, -0.05) is 0 Å². The van der Waals surface area contributed by atoms with Crippen LogP contribution in [0.4, 0.5) is 4.79 Å². The molecule has 1 amide bonds. The van der Waals surface area contributed by atoms with Gasteiger partial charge in [-0.2, -0.15) is 0 Å². The molecule has 2 aliphatic rings. The number of hydrogen-bond acceptors (Lipinski definition) is 4. The minimum absolute atomic E-state index is 0.110. The number of amides is 1. The first kappa shape index (κ1) is 13.6. The van der Waals surface area contributed by atoms with Gasteiger partial charge in [0.05, 0.1) is 6.61 Å². The molecule has 0 bridgehead atoms. The predicted molar refractivity (Wildman–Crippen MR) is 68.4 cm³/mol. The molecule has 0 aromatic rings. The van der Waals surface area contributed by atoms with E-state index in [1.807, 2.05) is 25.7 Å². The summed E-state index contributed by atoms with van der Waals surface area (Å²) in [5.74, 6) is 0. The minimum atomic E-state index is -0.464. The zero-order valence-corrected chi connectivity index (χ0v) is 11.5. The number of piperidine rings is 1. The Morgan fingerprint density at radius 3 is 2.89 bits per heavy atom. The molecule has 2 heterocycles. The van der Waals surface area contributed by atoms with Gasteiger partial charge in [-0.15, -0.1) is 0 Å². The molecular formula is C13H24N2O3. The number of rotatable bonds is 1. The van der Waals surface area contributed by atoms with Crippen LogP contribution in [-0.2, 0) is 4.74 Å². The van der Waals surface area contributed by atoms with E-state index in [2.05, 4.69) is 5.32 Å². The molecule has 0 spiro atoms. The van der Waals surface area contributed by atoms with Crippen molar-refractivity contribution in [3.63, 3.8) is 0 Å². The first-order valence-corrected chi connectivity index (χ1v) is 6.69. The van der Waals surface area contributed by atoms with Crippen LogP contribution in [0.25, 0.3) is 0 Å². The number of likely N-dealkylation sites (tertiary alicyclic amines) is 1. The van der Waals surface area contributed by atoms with E-state index in [1.165, 1.54) is 0 Å². The maximum atomic E-state index is 12.2. The van der Waals surface area contributed by atoms with Gasteiger partial charge in [0.2, 0.25) is 0 Å². The van der Waals surface area contributed by atoms with Crippen molar-refractivity contribution in [1.82, 2.24) is 10.2 Å². The normalized spacial score (nSPS) is 32.2. The van der Waals surface area contributed by atoms with Gasteiger partial charge in [-0.05, 0) is 40.2 Å². The highest BCUT2D eigenvalue weighted by atomic mass is 16.6. The van der Waals surface area contributed by atoms with Crippen molar-refractivity contribution in [3.8, 4) is 0 Å². The standard InChI is InChI=1S/C13H24N2O3/c1-12(2,3)18-11(17)15-7-5-13(9-16)8-14-6-4-10(13)15/h10,14,16H,4-9H2,1-3H3. The lowest BCUT2D eigenvalue weighted by Gasteiger charge is -2.41. The number of aliphatic hydroxyl groups excluding tert-OH is 1. The molecule has 2 atom stereocenters. The summed E-state index contributed by atoms with van der Waals surface area (Å²) in [7, 11) is 0. The van der Waals surface area contributed by atoms with Crippen LogP contribution in [0, 0.1) is 5.41 Å². The number of aliphatic hydroxyl groups is 1. The third kappa shape index (κ3) is 2.47. The van der Waals surface area contributed by atoms with Gasteiger partial charge in [-0.25, -0.2) is 4.79 Å². The van der Waals surface area contributed by atoms with Gasteiger partial charge in [-0.3, -0.25) is 0 Å². The van der Waals surface area contributed by atoms with Crippen LogP contribution in [0.15, 0.2) is 0 Å². The second-order valence-electron chi connectivity index (χ2n) is 6.43. The minimum Gasteiger partial charge on any atom is -0.444 e. The average Bonchev–Trinajstić information content (AvgIpc) is 2.66. The summed E-state index contributed by atoms with van der Waals surface area (Å²) in [6.07, 6.45) is 1.49. The first-order valence-electron chi connectivity index (χ1n) is 6.69. The van der Waals surface area contributed by atoms with Gasteiger partial charge >= 0.3 is 6.09 Å². The molecular weight excluding hydrogens is 232 g/mol. The second kappa shape index (κ2) is 4.70. The van der Waals surface area contributed by atoms with Crippen LogP contribution in [0.3, 0.4) is 0 Å². The number of nitrogens with zero attached hydrogens (tertiary/aromatic N) is 1. The summed E-state index contributed by atoms with van der Waals surface area (Å²) in [5, 5.41) is 13.0. The molecule has 2 rings (SSSR count). The molecule has 2 aliphatic heterocycles. The summed E-state index contributed by atoms with van der Waals surface area (Å²) in [6, 6.07) is 0.110. The molecule has 0 aromatic heterocycles. The maximum absolute atomic E-state index is 12.2. The topological polar surface area (TPSA) is 61.8 Å². The molecule has 0 radical (unpaired) electrons. The van der Waals surface area contributed by atoms with E-state index in [9.17, 15) is 9.90 Å². The number of nitrogens with one attached hydrogen (secondary N) is 1. The van der Waals surface area contributed by atoms with Crippen LogP contribution in [0.1, 0.15) is 33.6 Å². The van der Waals surface area contributed by atoms with Crippen molar-refractivity contribution in [2.75, 3.05) is 26.2 Å². The van der Waals surface area contributed by atoms with Gasteiger partial charge in [0.15, 0.2) is 0 Å². The Labute approximate surface area is 108 Å². The highest BCUT2D eigenvalue weighted by Crippen LogP contribution is 2.40. The lowest BCUT2D eigenvalue weighted by Crippen LogP contribution is -2.54. The second-order valence-corrected chi connectivity index (χ2v) is 6.43. The Balaban J connectivity index is 2.09.